The van der Waals surface area contributed by atoms with Crippen LogP contribution in [-0.2, 0) is 4.79 Å². The number of nitrogens with zero attached hydrogens (tertiary/aromatic N) is 1. The van der Waals surface area contributed by atoms with Crippen LogP contribution in [0.15, 0.2) is 0 Å². The summed E-state index contributed by atoms with van der Waals surface area (Å²) in [4.78, 5) is 15.5. The fourth-order valence-corrected chi connectivity index (χ4v) is 1.49. The van der Waals surface area contributed by atoms with Gasteiger partial charge in [-0.3, -0.25) is 4.79 Å². The van der Waals surface area contributed by atoms with Crippen molar-refractivity contribution in [2.45, 2.75) is 20.8 Å². The van der Waals surface area contributed by atoms with E-state index in [0.29, 0.717) is 5.88 Å². The van der Waals surface area contributed by atoms with Gasteiger partial charge in [0.05, 0.1) is 9.88 Å². The van der Waals surface area contributed by atoms with Gasteiger partial charge in [-0.15, -0.1) is 11.3 Å². The smallest absolute Gasteiger partial charge is 0.309 e. The zero-order valence-corrected chi connectivity index (χ0v) is 7.49. The number of hydrogen-bond acceptors (Lipinski definition) is 4. The van der Waals surface area contributed by atoms with Crippen molar-refractivity contribution < 1.29 is 9.53 Å². The highest BCUT2D eigenvalue weighted by atomic mass is 32.1. The van der Waals surface area contributed by atoms with Crippen LogP contribution in [0.2, 0.25) is 0 Å². The van der Waals surface area contributed by atoms with Crippen molar-refractivity contribution in [3.63, 3.8) is 0 Å². The molecule has 0 unspecified atom stereocenters. The summed E-state index contributed by atoms with van der Waals surface area (Å²) in [5, 5.41) is 0.916. The molecule has 0 aromatic carbocycles. The van der Waals surface area contributed by atoms with Crippen molar-refractivity contribution in [3.8, 4) is 5.88 Å². The molecule has 0 N–H and O–H groups in total. The standard InChI is InChI=1S/C7H9NO2S/c1-4-7(10-6(3)9)8-5(2)11-4/h1-3H3. The Morgan fingerprint density at radius 3 is 2.55 bits per heavy atom. The summed E-state index contributed by atoms with van der Waals surface area (Å²) in [5.74, 6) is 0.124. The fourth-order valence-electron chi connectivity index (χ4n) is 0.741. The molecular formula is C7H9NO2S. The van der Waals surface area contributed by atoms with Gasteiger partial charge in [0.15, 0.2) is 0 Å². The quantitative estimate of drug-likeness (QED) is 0.603. The lowest BCUT2D eigenvalue weighted by Crippen LogP contribution is -2.02. The molecule has 0 atom stereocenters. The third-order valence-electron chi connectivity index (χ3n) is 1.10. The zero-order valence-electron chi connectivity index (χ0n) is 6.67. The van der Waals surface area contributed by atoms with Crippen LogP contribution in [0.25, 0.3) is 0 Å². The number of aromatic nitrogens is 1. The Labute approximate surface area is 69.0 Å². The second kappa shape index (κ2) is 3.00. The van der Waals surface area contributed by atoms with E-state index in [9.17, 15) is 4.79 Å². The van der Waals surface area contributed by atoms with Crippen LogP contribution in [0, 0.1) is 13.8 Å². The first kappa shape index (κ1) is 8.20. The van der Waals surface area contributed by atoms with Gasteiger partial charge < -0.3 is 4.74 Å². The Balaban J connectivity index is 2.85. The van der Waals surface area contributed by atoms with Crippen molar-refractivity contribution in [1.82, 2.24) is 4.98 Å². The Bertz CT molecular complexity index is 280. The molecule has 0 aliphatic carbocycles. The Hall–Kier alpha value is -0.900. The van der Waals surface area contributed by atoms with Crippen molar-refractivity contribution in [2.24, 2.45) is 0 Å². The first-order valence-electron chi connectivity index (χ1n) is 3.22. The van der Waals surface area contributed by atoms with Crippen molar-refractivity contribution in [2.75, 3.05) is 0 Å². The molecule has 0 saturated carbocycles. The summed E-state index contributed by atoms with van der Waals surface area (Å²) in [6, 6.07) is 0. The fraction of sp³-hybridized carbons (Fsp3) is 0.429. The van der Waals surface area contributed by atoms with Crippen LogP contribution in [-0.4, -0.2) is 11.0 Å². The molecule has 1 heterocycles. The number of ether oxygens (including phenoxy) is 1. The molecule has 0 aliphatic rings. The summed E-state index contributed by atoms with van der Waals surface area (Å²) < 4.78 is 4.83. The minimum atomic E-state index is -0.321. The minimum Gasteiger partial charge on any atom is -0.406 e. The van der Waals surface area contributed by atoms with E-state index in [1.54, 1.807) is 0 Å². The van der Waals surface area contributed by atoms with Crippen LogP contribution in [0.3, 0.4) is 0 Å². The largest absolute Gasteiger partial charge is 0.406 e. The highest BCUT2D eigenvalue weighted by Gasteiger charge is 2.07. The van der Waals surface area contributed by atoms with Crippen LogP contribution >= 0.6 is 11.3 Å². The molecule has 0 aliphatic heterocycles. The maximum absolute atomic E-state index is 10.5. The van der Waals surface area contributed by atoms with Gasteiger partial charge in [0, 0.05) is 6.92 Å². The van der Waals surface area contributed by atoms with Gasteiger partial charge in [0.25, 0.3) is 0 Å². The first-order chi connectivity index (χ1) is 5.09. The molecule has 4 heteroatoms. The maximum Gasteiger partial charge on any atom is 0.309 e. The van der Waals surface area contributed by atoms with Gasteiger partial charge >= 0.3 is 5.97 Å². The van der Waals surface area contributed by atoms with E-state index in [2.05, 4.69) is 4.98 Å². The number of carbonyl (C=O) groups excluding carboxylic acids is 1. The SMILES string of the molecule is CC(=O)Oc1nc(C)sc1C. The van der Waals surface area contributed by atoms with Crippen molar-refractivity contribution >= 4 is 17.3 Å². The number of carbonyl (C=O) groups is 1. The molecule has 0 amide bonds. The number of hydrogen-bond donors (Lipinski definition) is 0. The monoisotopic (exact) mass is 171 g/mol. The van der Waals surface area contributed by atoms with Crippen molar-refractivity contribution in [3.05, 3.63) is 9.88 Å². The Morgan fingerprint density at radius 1 is 1.55 bits per heavy atom. The molecule has 0 spiro atoms. The van der Waals surface area contributed by atoms with Gasteiger partial charge in [-0.2, -0.15) is 0 Å². The first-order valence-corrected chi connectivity index (χ1v) is 4.03. The lowest BCUT2D eigenvalue weighted by molar-refractivity contribution is -0.132. The van der Waals surface area contributed by atoms with Crippen molar-refractivity contribution in [1.29, 1.82) is 0 Å². The number of rotatable bonds is 1. The van der Waals surface area contributed by atoms with E-state index in [0.717, 1.165) is 9.88 Å². The molecule has 0 bridgehead atoms. The van der Waals surface area contributed by atoms with Gasteiger partial charge in [-0.1, -0.05) is 0 Å². The van der Waals surface area contributed by atoms with E-state index in [1.807, 2.05) is 13.8 Å². The van der Waals surface area contributed by atoms with E-state index in [1.165, 1.54) is 18.3 Å². The van der Waals surface area contributed by atoms with E-state index in [4.69, 9.17) is 4.74 Å². The predicted octanol–water partition coefficient (Wildman–Crippen LogP) is 1.69. The van der Waals surface area contributed by atoms with Crippen LogP contribution < -0.4 is 4.74 Å². The van der Waals surface area contributed by atoms with Crippen LogP contribution in [0.1, 0.15) is 16.8 Å². The molecule has 1 rings (SSSR count). The average molecular weight is 171 g/mol. The number of esters is 1. The number of thiazole rings is 1. The normalized spacial score (nSPS) is 9.73. The summed E-state index contributed by atoms with van der Waals surface area (Å²) in [7, 11) is 0. The second-order valence-corrected chi connectivity index (χ2v) is 3.60. The molecule has 11 heavy (non-hydrogen) atoms. The van der Waals surface area contributed by atoms with Crippen LogP contribution in [0.4, 0.5) is 0 Å². The molecule has 0 saturated heterocycles. The van der Waals surface area contributed by atoms with E-state index < -0.39 is 0 Å². The predicted molar refractivity (Wildman–Crippen MR) is 42.9 cm³/mol. The molecule has 60 valence electrons. The maximum atomic E-state index is 10.5. The molecule has 1 aromatic heterocycles. The van der Waals surface area contributed by atoms with Gasteiger partial charge in [-0.25, -0.2) is 4.98 Å². The highest BCUT2D eigenvalue weighted by Crippen LogP contribution is 2.22. The van der Waals surface area contributed by atoms with Gasteiger partial charge in [0.2, 0.25) is 5.88 Å². The summed E-state index contributed by atoms with van der Waals surface area (Å²) >= 11 is 1.52. The third-order valence-corrected chi connectivity index (χ3v) is 1.97. The summed E-state index contributed by atoms with van der Waals surface area (Å²) in [6.07, 6.45) is 0. The Morgan fingerprint density at radius 2 is 2.18 bits per heavy atom. The van der Waals surface area contributed by atoms with E-state index in [-0.39, 0.29) is 5.97 Å². The topological polar surface area (TPSA) is 39.2 Å². The molecule has 1 aromatic rings. The molecular weight excluding hydrogens is 162 g/mol. The lowest BCUT2D eigenvalue weighted by atomic mass is 10.6. The zero-order chi connectivity index (χ0) is 8.43. The van der Waals surface area contributed by atoms with Gasteiger partial charge in [-0.05, 0) is 13.8 Å². The van der Waals surface area contributed by atoms with Gasteiger partial charge in [0.1, 0.15) is 0 Å². The van der Waals surface area contributed by atoms with Crippen LogP contribution in [0.5, 0.6) is 5.88 Å². The highest BCUT2D eigenvalue weighted by molar-refractivity contribution is 7.11. The molecule has 3 nitrogen and oxygen atoms in total. The Kier molecular flexibility index (Phi) is 2.24. The second-order valence-electron chi connectivity index (χ2n) is 2.19. The average Bonchev–Trinajstić information content (AvgIpc) is 2.09. The van der Waals surface area contributed by atoms with E-state index >= 15 is 0 Å². The summed E-state index contributed by atoms with van der Waals surface area (Å²) in [6.45, 7) is 5.13. The lowest BCUT2D eigenvalue weighted by Gasteiger charge is -1.94. The third kappa shape index (κ3) is 2.01. The molecule has 0 fully saturated rings. The molecule has 0 radical (unpaired) electrons. The summed E-state index contributed by atoms with van der Waals surface area (Å²) in [5.41, 5.74) is 0. The minimum absolute atomic E-state index is 0.321. The number of aryl methyl sites for hydroxylation is 2.